The molecule has 1 aromatic carbocycles. The Labute approximate surface area is 145 Å². The standard InChI is InChI=1S/C18H19FN4O2/c1-10-12(11(2)22(3)21-10)7-8-23-14(9-20)16-13(19)5-6-15(25-4)17(16)18(23)24/h5-6,14H,7-8H2,1-4H3. The molecule has 0 fully saturated rings. The fourth-order valence-electron chi connectivity index (χ4n) is 3.43. The Morgan fingerprint density at radius 2 is 2.12 bits per heavy atom. The summed E-state index contributed by atoms with van der Waals surface area (Å²) in [6, 6.07) is 3.75. The van der Waals surface area contributed by atoms with Crippen LogP contribution in [-0.4, -0.2) is 34.2 Å². The highest BCUT2D eigenvalue weighted by Crippen LogP contribution is 2.40. The molecule has 0 spiro atoms. The molecule has 1 amide bonds. The van der Waals surface area contributed by atoms with Crippen molar-refractivity contribution in [3.8, 4) is 11.8 Å². The van der Waals surface area contributed by atoms with E-state index in [9.17, 15) is 14.4 Å². The molecule has 2 aromatic rings. The number of rotatable bonds is 4. The highest BCUT2D eigenvalue weighted by molar-refractivity contribution is 6.02. The third kappa shape index (κ3) is 2.54. The van der Waals surface area contributed by atoms with Gasteiger partial charge in [0, 0.05) is 24.8 Å². The largest absolute Gasteiger partial charge is 0.496 e. The van der Waals surface area contributed by atoms with Gasteiger partial charge in [-0.05, 0) is 38.0 Å². The third-order valence-electron chi connectivity index (χ3n) is 4.82. The Bertz CT molecular complexity index is 897. The minimum absolute atomic E-state index is 0.103. The summed E-state index contributed by atoms with van der Waals surface area (Å²) in [4.78, 5) is 14.2. The van der Waals surface area contributed by atoms with E-state index in [1.54, 1.807) is 4.68 Å². The Morgan fingerprint density at radius 3 is 2.68 bits per heavy atom. The molecule has 3 rings (SSSR count). The molecule has 130 valence electrons. The van der Waals surface area contributed by atoms with Crippen LogP contribution >= 0.6 is 0 Å². The van der Waals surface area contributed by atoms with Crippen LogP contribution in [0.3, 0.4) is 0 Å². The maximum atomic E-state index is 14.3. The zero-order valence-electron chi connectivity index (χ0n) is 14.6. The summed E-state index contributed by atoms with van der Waals surface area (Å²) in [5, 5.41) is 13.9. The third-order valence-corrected chi connectivity index (χ3v) is 4.82. The molecule has 0 saturated carbocycles. The van der Waals surface area contributed by atoms with Crippen LogP contribution in [0.1, 0.15) is 38.9 Å². The van der Waals surface area contributed by atoms with Crippen molar-refractivity contribution in [1.29, 1.82) is 5.26 Å². The van der Waals surface area contributed by atoms with Gasteiger partial charge in [0.15, 0.2) is 0 Å². The van der Waals surface area contributed by atoms with Crippen molar-refractivity contribution in [3.63, 3.8) is 0 Å². The summed E-state index contributed by atoms with van der Waals surface area (Å²) in [6.07, 6.45) is 0.549. The fourth-order valence-corrected chi connectivity index (χ4v) is 3.43. The summed E-state index contributed by atoms with van der Waals surface area (Å²) in [5.74, 6) is -0.651. The van der Waals surface area contributed by atoms with Gasteiger partial charge in [0.1, 0.15) is 17.6 Å². The van der Waals surface area contributed by atoms with Crippen molar-refractivity contribution >= 4 is 5.91 Å². The Kier molecular flexibility index (Phi) is 4.21. The molecule has 1 aliphatic rings. The number of hydrogen-bond acceptors (Lipinski definition) is 4. The van der Waals surface area contributed by atoms with E-state index in [0.717, 1.165) is 17.0 Å². The first-order chi connectivity index (χ1) is 11.9. The second kappa shape index (κ2) is 6.20. The Balaban J connectivity index is 1.94. The quantitative estimate of drug-likeness (QED) is 0.856. The number of nitriles is 1. The Hall–Kier alpha value is -2.88. The van der Waals surface area contributed by atoms with Crippen LogP contribution in [0.5, 0.6) is 5.75 Å². The lowest BCUT2D eigenvalue weighted by molar-refractivity contribution is 0.0757. The number of methoxy groups -OCH3 is 1. The van der Waals surface area contributed by atoms with Crippen LogP contribution in [0.2, 0.25) is 0 Å². The predicted octanol–water partition coefficient (Wildman–Crippen LogP) is 2.45. The van der Waals surface area contributed by atoms with Crippen LogP contribution in [0.25, 0.3) is 0 Å². The zero-order valence-corrected chi connectivity index (χ0v) is 14.6. The first kappa shape index (κ1) is 17.0. The number of fused-ring (bicyclic) bond motifs is 1. The monoisotopic (exact) mass is 342 g/mol. The molecule has 0 saturated heterocycles. The molecule has 2 heterocycles. The summed E-state index contributed by atoms with van der Waals surface area (Å²) in [5.41, 5.74) is 3.19. The molecule has 0 N–H and O–H groups in total. The number of carbonyl (C=O) groups excluding carboxylic acids is 1. The van der Waals surface area contributed by atoms with Crippen LogP contribution in [0.15, 0.2) is 12.1 Å². The van der Waals surface area contributed by atoms with E-state index in [1.807, 2.05) is 20.9 Å². The average Bonchev–Trinajstić information content (AvgIpc) is 3.01. The predicted molar refractivity (Wildman–Crippen MR) is 88.7 cm³/mol. The highest BCUT2D eigenvalue weighted by Gasteiger charge is 2.41. The second-order valence-electron chi connectivity index (χ2n) is 6.09. The van der Waals surface area contributed by atoms with Crippen molar-refractivity contribution in [3.05, 3.63) is 46.0 Å². The smallest absolute Gasteiger partial charge is 0.259 e. The minimum Gasteiger partial charge on any atom is -0.496 e. The van der Waals surface area contributed by atoms with E-state index in [4.69, 9.17) is 4.74 Å². The number of aromatic nitrogens is 2. The topological polar surface area (TPSA) is 71.2 Å². The second-order valence-corrected chi connectivity index (χ2v) is 6.09. The van der Waals surface area contributed by atoms with Crippen molar-refractivity contribution in [2.45, 2.75) is 26.3 Å². The minimum atomic E-state index is -0.949. The lowest BCUT2D eigenvalue weighted by Gasteiger charge is -2.20. The van der Waals surface area contributed by atoms with Gasteiger partial charge in [-0.25, -0.2) is 4.39 Å². The number of halogens is 1. The van der Waals surface area contributed by atoms with Crippen LogP contribution in [0, 0.1) is 31.0 Å². The van der Waals surface area contributed by atoms with Gasteiger partial charge in [-0.15, -0.1) is 0 Å². The fraction of sp³-hybridized carbons (Fsp3) is 0.389. The normalized spacial score (nSPS) is 16.1. The molecule has 1 atom stereocenters. The summed E-state index contributed by atoms with van der Waals surface area (Å²) in [7, 11) is 3.29. The molecule has 6 nitrogen and oxygen atoms in total. The van der Waals surface area contributed by atoms with Gasteiger partial charge >= 0.3 is 0 Å². The van der Waals surface area contributed by atoms with E-state index in [2.05, 4.69) is 11.2 Å². The van der Waals surface area contributed by atoms with Gasteiger partial charge in [0.05, 0.1) is 24.4 Å². The number of nitrogens with zero attached hydrogens (tertiary/aromatic N) is 4. The Morgan fingerprint density at radius 1 is 1.40 bits per heavy atom. The molecule has 1 aliphatic heterocycles. The zero-order chi connectivity index (χ0) is 18.3. The van der Waals surface area contributed by atoms with Gasteiger partial charge in [-0.2, -0.15) is 10.4 Å². The van der Waals surface area contributed by atoms with Gasteiger partial charge < -0.3 is 9.64 Å². The molecule has 25 heavy (non-hydrogen) atoms. The van der Waals surface area contributed by atoms with Gasteiger partial charge in [-0.1, -0.05) is 0 Å². The number of aryl methyl sites for hydroxylation is 2. The van der Waals surface area contributed by atoms with Crippen molar-refractivity contribution < 1.29 is 13.9 Å². The number of carbonyl (C=O) groups is 1. The van der Waals surface area contributed by atoms with Crippen LogP contribution in [-0.2, 0) is 13.5 Å². The first-order valence-corrected chi connectivity index (χ1v) is 7.96. The molecule has 1 aromatic heterocycles. The lowest BCUT2D eigenvalue weighted by Crippen LogP contribution is -2.30. The number of hydrogen-bond donors (Lipinski definition) is 0. The highest BCUT2D eigenvalue weighted by atomic mass is 19.1. The van der Waals surface area contributed by atoms with Gasteiger partial charge in [0.2, 0.25) is 0 Å². The van der Waals surface area contributed by atoms with Crippen molar-refractivity contribution in [2.75, 3.05) is 13.7 Å². The van der Waals surface area contributed by atoms with Crippen molar-refractivity contribution in [2.24, 2.45) is 7.05 Å². The summed E-state index contributed by atoms with van der Waals surface area (Å²) in [6.45, 7) is 4.18. The SMILES string of the molecule is COc1ccc(F)c2c1C(=O)N(CCc1c(C)nn(C)c1C)C2C#N. The van der Waals surface area contributed by atoms with Crippen LogP contribution < -0.4 is 4.74 Å². The molecular weight excluding hydrogens is 323 g/mol. The van der Waals surface area contributed by atoms with Crippen LogP contribution in [0.4, 0.5) is 4.39 Å². The van der Waals surface area contributed by atoms with E-state index in [0.29, 0.717) is 13.0 Å². The van der Waals surface area contributed by atoms with Gasteiger partial charge in [0.25, 0.3) is 5.91 Å². The summed E-state index contributed by atoms with van der Waals surface area (Å²) >= 11 is 0. The van der Waals surface area contributed by atoms with E-state index in [1.165, 1.54) is 24.1 Å². The van der Waals surface area contributed by atoms with E-state index >= 15 is 0 Å². The van der Waals surface area contributed by atoms with Gasteiger partial charge in [-0.3, -0.25) is 9.48 Å². The van der Waals surface area contributed by atoms with E-state index < -0.39 is 11.9 Å². The maximum absolute atomic E-state index is 14.3. The molecule has 7 heteroatoms. The molecular formula is C18H19FN4O2. The molecule has 0 aliphatic carbocycles. The number of amides is 1. The summed E-state index contributed by atoms with van der Waals surface area (Å²) < 4.78 is 21.3. The average molecular weight is 342 g/mol. The van der Waals surface area contributed by atoms with Crippen molar-refractivity contribution in [1.82, 2.24) is 14.7 Å². The molecule has 1 unspecified atom stereocenters. The first-order valence-electron chi connectivity index (χ1n) is 7.96. The molecule has 0 radical (unpaired) electrons. The number of ether oxygens (including phenoxy) is 1. The maximum Gasteiger partial charge on any atom is 0.259 e. The molecule has 0 bridgehead atoms. The van der Waals surface area contributed by atoms with E-state index in [-0.39, 0.29) is 22.8 Å². The number of benzene rings is 1. The lowest BCUT2D eigenvalue weighted by atomic mass is 10.0.